The van der Waals surface area contributed by atoms with Crippen LogP contribution < -0.4 is 14.8 Å². The Labute approximate surface area is 149 Å². The van der Waals surface area contributed by atoms with Gasteiger partial charge in [0.15, 0.2) is 11.5 Å². The van der Waals surface area contributed by atoms with Crippen LogP contribution in [0.5, 0.6) is 11.5 Å². The molecule has 8 heteroatoms. The quantitative estimate of drug-likeness (QED) is 0.758. The van der Waals surface area contributed by atoms with Crippen molar-refractivity contribution >= 4 is 11.6 Å². The molecule has 4 rings (SSSR count). The zero-order valence-corrected chi connectivity index (χ0v) is 14.2. The lowest BCUT2D eigenvalue weighted by atomic mass is 10.1. The van der Waals surface area contributed by atoms with E-state index in [0.29, 0.717) is 23.0 Å². The van der Waals surface area contributed by atoms with Gasteiger partial charge in [-0.2, -0.15) is 4.80 Å². The minimum Gasteiger partial charge on any atom is -0.454 e. The number of nitrogens with zero attached hydrogens (tertiary/aromatic N) is 4. The molecule has 132 valence electrons. The second-order valence-corrected chi connectivity index (χ2v) is 5.81. The van der Waals surface area contributed by atoms with Crippen LogP contribution in [-0.4, -0.2) is 32.9 Å². The molecule has 1 aliphatic heterocycles. The smallest absolute Gasteiger partial charge is 0.248 e. The molecule has 0 spiro atoms. The van der Waals surface area contributed by atoms with E-state index in [1.54, 1.807) is 18.2 Å². The first-order valence-corrected chi connectivity index (χ1v) is 8.28. The number of hydrogen-bond donors (Lipinski definition) is 1. The van der Waals surface area contributed by atoms with Crippen molar-refractivity contribution in [3.63, 3.8) is 0 Å². The van der Waals surface area contributed by atoms with Gasteiger partial charge in [0, 0.05) is 17.3 Å². The average molecular weight is 351 g/mol. The van der Waals surface area contributed by atoms with E-state index in [1.807, 2.05) is 24.3 Å². The summed E-state index contributed by atoms with van der Waals surface area (Å²) in [7, 11) is 0. The Hall–Kier alpha value is -3.42. The fourth-order valence-electron chi connectivity index (χ4n) is 2.62. The van der Waals surface area contributed by atoms with Gasteiger partial charge < -0.3 is 14.8 Å². The van der Waals surface area contributed by atoms with Gasteiger partial charge in [-0.1, -0.05) is 31.2 Å². The molecule has 0 saturated carbocycles. The molecule has 0 fully saturated rings. The highest BCUT2D eigenvalue weighted by Gasteiger charge is 2.15. The number of rotatable bonds is 5. The highest BCUT2D eigenvalue weighted by molar-refractivity contribution is 5.90. The van der Waals surface area contributed by atoms with E-state index in [9.17, 15) is 4.79 Å². The minimum atomic E-state index is -0.255. The number of aromatic nitrogens is 4. The van der Waals surface area contributed by atoms with Crippen LogP contribution in [0.2, 0.25) is 0 Å². The molecule has 1 amide bonds. The minimum absolute atomic E-state index is 0.0332. The summed E-state index contributed by atoms with van der Waals surface area (Å²) in [6.07, 6.45) is 0.973. The fraction of sp³-hybridized carbons (Fsp3) is 0.222. The summed E-state index contributed by atoms with van der Waals surface area (Å²) in [5.74, 6) is 1.51. The van der Waals surface area contributed by atoms with Crippen molar-refractivity contribution in [2.24, 2.45) is 0 Å². The van der Waals surface area contributed by atoms with Crippen molar-refractivity contribution in [1.29, 1.82) is 0 Å². The van der Waals surface area contributed by atoms with E-state index in [1.165, 1.54) is 10.4 Å². The van der Waals surface area contributed by atoms with Gasteiger partial charge in [-0.15, -0.1) is 10.2 Å². The number of hydrogen-bond acceptors (Lipinski definition) is 6. The highest BCUT2D eigenvalue weighted by Crippen LogP contribution is 2.34. The van der Waals surface area contributed by atoms with Crippen LogP contribution in [0.15, 0.2) is 42.5 Å². The van der Waals surface area contributed by atoms with Crippen LogP contribution in [0.1, 0.15) is 12.5 Å². The van der Waals surface area contributed by atoms with Crippen LogP contribution in [0.3, 0.4) is 0 Å². The monoisotopic (exact) mass is 351 g/mol. The molecule has 2 heterocycles. The van der Waals surface area contributed by atoms with Crippen LogP contribution in [0, 0.1) is 0 Å². The highest BCUT2D eigenvalue weighted by atomic mass is 16.7. The van der Waals surface area contributed by atoms with Crippen molar-refractivity contribution in [1.82, 2.24) is 20.2 Å². The van der Waals surface area contributed by atoms with Crippen LogP contribution in [0.25, 0.3) is 11.4 Å². The topological polar surface area (TPSA) is 91.2 Å². The molecule has 0 bridgehead atoms. The number of anilines is 1. The maximum atomic E-state index is 12.2. The molecule has 0 aliphatic carbocycles. The number of fused-ring (bicyclic) bond motifs is 1. The van der Waals surface area contributed by atoms with Gasteiger partial charge in [0.25, 0.3) is 0 Å². The predicted octanol–water partition coefficient (Wildman–Crippen LogP) is 2.27. The summed E-state index contributed by atoms with van der Waals surface area (Å²) in [6, 6.07) is 13.2. The van der Waals surface area contributed by atoms with Crippen molar-refractivity contribution in [2.75, 3.05) is 12.1 Å². The Kier molecular flexibility index (Phi) is 4.22. The Morgan fingerprint density at radius 2 is 1.96 bits per heavy atom. The third-order valence-corrected chi connectivity index (χ3v) is 4.01. The zero-order valence-electron chi connectivity index (χ0n) is 14.2. The Balaban J connectivity index is 1.41. The summed E-state index contributed by atoms with van der Waals surface area (Å²) in [6.45, 7) is 2.26. The van der Waals surface area contributed by atoms with Gasteiger partial charge in [-0.05, 0) is 29.3 Å². The number of tetrazole rings is 1. The summed E-state index contributed by atoms with van der Waals surface area (Å²) in [5, 5.41) is 15.0. The molecule has 0 radical (unpaired) electrons. The van der Waals surface area contributed by atoms with Crippen molar-refractivity contribution in [3.05, 3.63) is 48.0 Å². The molecule has 1 aromatic heterocycles. The normalized spacial score (nSPS) is 12.2. The number of nitrogens with one attached hydrogen (secondary N) is 1. The number of amides is 1. The molecule has 3 aromatic rings. The van der Waals surface area contributed by atoms with Gasteiger partial charge in [-0.3, -0.25) is 4.79 Å². The Morgan fingerprint density at radius 3 is 2.77 bits per heavy atom. The molecular weight excluding hydrogens is 334 g/mol. The first-order chi connectivity index (χ1) is 12.7. The molecule has 0 saturated heterocycles. The first kappa shape index (κ1) is 16.1. The molecular formula is C18H17N5O3. The first-order valence-electron chi connectivity index (χ1n) is 8.28. The molecule has 1 N–H and O–H groups in total. The lowest BCUT2D eigenvalue weighted by molar-refractivity contribution is -0.117. The molecule has 2 aromatic carbocycles. The van der Waals surface area contributed by atoms with Crippen LogP contribution >= 0.6 is 0 Å². The number of aryl methyl sites for hydroxylation is 1. The largest absolute Gasteiger partial charge is 0.454 e. The fourth-order valence-corrected chi connectivity index (χ4v) is 2.62. The van der Waals surface area contributed by atoms with Crippen molar-refractivity contribution in [2.45, 2.75) is 19.9 Å². The van der Waals surface area contributed by atoms with Crippen LogP contribution in [-0.2, 0) is 17.8 Å². The van der Waals surface area contributed by atoms with Crippen molar-refractivity contribution < 1.29 is 14.3 Å². The van der Waals surface area contributed by atoms with Gasteiger partial charge >= 0.3 is 0 Å². The van der Waals surface area contributed by atoms with Gasteiger partial charge in [0.2, 0.25) is 18.5 Å². The molecule has 0 unspecified atom stereocenters. The number of ether oxygens (including phenoxy) is 2. The van der Waals surface area contributed by atoms with Gasteiger partial charge in [0.1, 0.15) is 6.54 Å². The van der Waals surface area contributed by atoms with E-state index in [0.717, 1.165) is 12.0 Å². The Morgan fingerprint density at radius 1 is 1.15 bits per heavy atom. The number of carbonyl (C=O) groups is 1. The maximum Gasteiger partial charge on any atom is 0.248 e. The van der Waals surface area contributed by atoms with E-state index in [-0.39, 0.29) is 19.2 Å². The molecule has 1 aliphatic rings. The second-order valence-electron chi connectivity index (χ2n) is 5.81. The Bertz CT molecular complexity index is 936. The summed E-state index contributed by atoms with van der Waals surface area (Å²) in [5.41, 5.74) is 2.73. The summed E-state index contributed by atoms with van der Waals surface area (Å²) < 4.78 is 10.5. The lowest BCUT2D eigenvalue weighted by Crippen LogP contribution is -2.20. The van der Waals surface area contributed by atoms with E-state index < -0.39 is 0 Å². The summed E-state index contributed by atoms with van der Waals surface area (Å²) in [4.78, 5) is 13.5. The van der Waals surface area contributed by atoms with Gasteiger partial charge in [0.05, 0.1) is 0 Å². The average Bonchev–Trinajstić information content (AvgIpc) is 3.30. The number of benzene rings is 2. The van der Waals surface area contributed by atoms with Crippen LogP contribution in [0.4, 0.5) is 5.69 Å². The molecule has 0 atom stereocenters. The number of carbonyl (C=O) groups excluding carboxylic acids is 1. The standard InChI is InChI=1S/C18H17N5O3/c1-2-12-3-5-13(6-4-12)18-20-22-23(21-18)10-17(24)19-14-7-8-15-16(9-14)26-11-25-15/h3-9H,2,10-11H2,1H3,(H,19,24). The van der Waals surface area contributed by atoms with Crippen molar-refractivity contribution in [3.8, 4) is 22.9 Å². The lowest BCUT2D eigenvalue weighted by Gasteiger charge is -2.05. The van der Waals surface area contributed by atoms with E-state index >= 15 is 0 Å². The predicted molar refractivity (Wildman–Crippen MR) is 93.8 cm³/mol. The van der Waals surface area contributed by atoms with E-state index in [2.05, 4.69) is 27.7 Å². The second kappa shape index (κ2) is 6.83. The molecule has 8 nitrogen and oxygen atoms in total. The maximum absolute atomic E-state index is 12.2. The SMILES string of the molecule is CCc1ccc(-c2nnn(CC(=O)Nc3ccc4c(c3)OCO4)n2)cc1. The van der Waals surface area contributed by atoms with Gasteiger partial charge in [-0.25, -0.2) is 0 Å². The third kappa shape index (κ3) is 3.34. The zero-order chi connectivity index (χ0) is 17.9. The van der Waals surface area contributed by atoms with E-state index in [4.69, 9.17) is 9.47 Å². The summed E-state index contributed by atoms with van der Waals surface area (Å²) >= 11 is 0. The molecule has 26 heavy (non-hydrogen) atoms. The third-order valence-electron chi connectivity index (χ3n) is 4.01.